The van der Waals surface area contributed by atoms with E-state index in [-0.39, 0.29) is 11.4 Å². The predicted octanol–water partition coefficient (Wildman–Crippen LogP) is 2.49. The molecular formula is C23H34N6O4S. The van der Waals surface area contributed by atoms with Crippen LogP contribution < -0.4 is 21.9 Å². The van der Waals surface area contributed by atoms with Crippen LogP contribution in [0.15, 0.2) is 14.6 Å². The highest BCUT2D eigenvalue weighted by Gasteiger charge is 2.26. The molecule has 3 amide bonds. The molecule has 1 aliphatic carbocycles. The molecule has 1 atom stereocenters. The summed E-state index contributed by atoms with van der Waals surface area (Å²) in [5, 5.41) is 4.97. The van der Waals surface area contributed by atoms with Gasteiger partial charge in [-0.2, -0.15) is 0 Å². The van der Waals surface area contributed by atoms with Gasteiger partial charge in [0.2, 0.25) is 5.91 Å². The number of unbranched alkanes of at least 4 members (excludes halogenated alkanes) is 3. The van der Waals surface area contributed by atoms with Crippen LogP contribution in [0.25, 0.3) is 11.0 Å². The van der Waals surface area contributed by atoms with Gasteiger partial charge in [0.05, 0.1) is 5.25 Å². The summed E-state index contributed by atoms with van der Waals surface area (Å²) in [7, 11) is 1.43. The molecule has 2 aromatic heterocycles. The molecule has 2 heterocycles. The summed E-state index contributed by atoms with van der Waals surface area (Å²) in [6.45, 7) is 6.16. The van der Waals surface area contributed by atoms with Crippen LogP contribution in [0.5, 0.6) is 0 Å². The second-order valence-electron chi connectivity index (χ2n) is 8.75. The van der Waals surface area contributed by atoms with Crippen LogP contribution in [0, 0.1) is 0 Å². The molecule has 0 aliphatic heterocycles. The number of hydrogen-bond acceptors (Lipinski definition) is 7. The fourth-order valence-electron chi connectivity index (χ4n) is 3.60. The number of fused-ring (bicyclic) bond motifs is 1. The van der Waals surface area contributed by atoms with E-state index in [4.69, 9.17) is 0 Å². The molecule has 2 N–H and O–H groups in total. The van der Waals surface area contributed by atoms with Gasteiger partial charge in [0.15, 0.2) is 5.65 Å². The smallest absolute Gasteiger partial charge is 0.332 e. The van der Waals surface area contributed by atoms with Crippen LogP contribution in [0.1, 0.15) is 71.5 Å². The zero-order valence-electron chi connectivity index (χ0n) is 20.3. The molecule has 1 aliphatic rings. The van der Waals surface area contributed by atoms with Gasteiger partial charge in [0.25, 0.3) is 5.56 Å². The van der Waals surface area contributed by atoms with Crippen molar-refractivity contribution in [3.63, 3.8) is 0 Å². The Hall–Kier alpha value is -2.69. The third kappa shape index (κ3) is 6.25. The Balaban J connectivity index is 1.97. The molecule has 0 aromatic carbocycles. The molecule has 0 spiro atoms. The van der Waals surface area contributed by atoms with E-state index in [2.05, 4.69) is 27.5 Å². The van der Waals surface area contributed by atoms with E-state index >= 15 is 0 Å². The normalized spacial score (nSPS) is 14.2. The summed E-state index contributed by atoms with van der Waals surface area (Å²) in [5.41, 5.74) is -0.614. The molecule has 186 valence electrons. The number of aryl methyl sites for hydroxylation is 2. The number of carbonyl (C=O) groups excluding carboxylic acids is 2. The first-order chi connectivity index (χ1) is 16.3. The number of imide groups is 1. The van der Waals surface area contributed by atoms with Crippen molar-refractivity contribution in [3.8, 4) is 0 Å². The van der Waals surface area contributed by atoms with Gasteiger partial charge in [-0.25, -0.2) is 19.6 Å². The quantitative estimate of drug-likeness (QED) is 0.281. The highest BCUT2D eigenvalue weighted by Crippen LogP contribution is 2.27. The molecule has 2 aromatic rings. The Bertz CT molecular complexity index is 1170. The fraction of sp³-hybridized carbons (Fsp3) is 0.652. The van der Waals surface area contributed by atoms with Crippen molar-refractivity contribution < 1.29 is 9.59 Å². The Morgan fingerprint density at radius 3 is 2.50 bits per heavy atom. The van der Waals surface area contributed by atoms with E-state index in [1.54, 1.807) is 6.92 Å². The molecule has 0 bridgehead atoms. The average molecular weight is 491 g/mol. The van der Waals surface area contributed by atoms with Crippen molar-refractivity contribution in [2.75, 3.05) is 0 Å². The number of thioether (sulfide) groups is 1. The van der Waals surface area contributed by atoms with Crippen LogP contribution in [0.3, 0.4) is 0 Å². The molecule has 1 unspecified atom stereocenters. The van der Waals surface area contributed by atoms with Gasteiger partial charge in [-0.1, -0.05) is 44.9 Å². The minimum Gasteiger partial charge on any atom is -0.335 e. The minimum atomic E-state index is -0.688. The standard InChI is InChI=1S/C23H34N6O4S/c1-5-7-8-9-10-16-25-18-17(21(31)28(4)23(33)29(18)13-6-2)20(26-16)34-14(3)19(30)27-22(32)24-15-11-12-15/h14-15H,5-13H2,1-4H3,(H2,24,27,30,32). The maximum absolute atomic E-state index is 13.1. The highest BCUT2D eigenvalue weighted by atomic mass is 32.2. The van der Waals surface area contributed by atoms with E-state index in [9.17, 15) is 19.2 Å². The summed E-state index contributed by atoms with van der Waals surface area (Å²) >= 11 is 1.10. The maximum Gasteiger partial charge on any atom is 0.332 e. The third-order valence-electron chi connectivity index (χ3n) is 5.70. The van der Waals surface area contributed by atoms with Gasteiger partial charge in [0, 0.05) is 26.1 Å². The summed E-state index contributed by atoms with van der Waals surface area (Å²) in [4.78, 5) is 59.8. The zero-order chi connectivity index (χ0) is 24.8. The first-order valence-electron chi connectivity index (χ1n) is 12.0. The van der Waals surface area contributed by atoms with Crippen LogP contribution >= 0.6 is 11.8 Å². The van der Waals surface area contributed by atoms with Gasteiger partial charge in [-0.05, 0) is 32.6 Å². The minimum absolute atomic E-state index is 0.134. The number of hydrogen-bond donors (Lipinski definition) is 2. The number of rotatable bonds is 11. The third-order valence-corrected chi connectivity index (χ3v) is 6.79. The van der Waals surface area contributed by atoms with Crippen LogP contribution in [-0.2, 0) is 24.8 Å². The van der Waals surface area contributed by atoms with E-state index in [1.807, 2.05) is 6.92 Å². The molecule has 10 nitrogen and oxygen atoms in total. The van der Waals surface area contributed by atoms with Crippen LogP contribution in [0.4, 0.5) is 4.79 Å². The second kappa shape index (κ2) is 11.6. The maximum atomic E-state index is 13.1. The first-order valence-corrected chi connectivity index (χ1v) is 12.9. The van der Waals surface area contributed by atoms with Crippen molar-refractivity contribution >= 4 is 34.7 Å². The SMILES string of the molecule is CCCCCCc1nc(SC(C)C(=O)NC(=O)NC2CC2)c2c(=O)n(C)c(=O)n(CCC)c2n1. The zero-order valence-corrected chi connectivity index (χ0v) is 21.2. The van der Waals surface area contributed by atoms with Crippen molar-refractivity contribution in [2.24, 2.45) is 7.05 Å². The fourth-order valence-corrected chi connectivity index (χ4v) is 4.55. The van der Waals surface area contributed by atoms with Crippen LogP contribution in [0.2, 0.25) is 0 Å². The lowest BCUT2D eigenvalue weighted by Gasteiger charge is -2.16. The molecule has 1 fully saturated rings. The highest BCUT2D eigenvalue weighted by molar-refractivity contribution is 8.00. The molecular weight excluding hydrogens is 456 g/mol. The summed E-state index contributed by atoms with van der Waals surface area (Å²) in [6, 6.07) is -0.382. The van der Waals surface area contributed by atoms with Gasteiger partial charge in [-0.3, -0.25) is 24.0 Å². The van der Waals surface area contributed by atoms with E-state index in [1.165, 1.54) is 11.6 Å². The Kier molecular flexibility index (Phi) is 8.87. The van der Waals surface area contributed by atoms with Gasteiger partial charge in [-0.15, -0.1) is 0 Å². The summed E-state index contributed by atoms with van der Waals surface area (Å²) in [5.74, 6) is 0.0702. The molecule has 11 heteroatoms. The number of nitrogens with zero attached hydrogens (tertiary/aromatic N) is 4. The lowest BCUT2D eigenvalue weighted by molar-refractivity contribution is -0.119. The molecule has 34 heavy (non-hydrogen) atoms. The Morgan fingerprint density at radius 1 is 1.12 bits per heavy atom. The number of amides is 3. The lowest BCUT2D eigenvalue weighted by atomic mass is 10.1. The number of nitrogens with one attached hydrogen (secondary N) is 2. The molecule has 1 saturated carbocycles. The lowest BCUT2D eigenvalue weighted by Crippen LogP contribution is -2.43. The van der Waals surface area contributed by atoms with Crippen molar-refractivity contribution in [1.82, 2.24) is 29.7 Å². The second-order valence-corrected chi connectivity index (χ2v) is 10.1. The topological polar surface area (TPSA) is 128 Å². The number of urea groups is 1. The van der Waals surface area contributed by atoms with Gasteiger partial charge >= 0.3 is 11.7 Å². The molecule has 3 rings (SSSR count). The van der Waals surface area contributed by atoms with Crippen molar-refractivity contribution in [3.05, 3.63) is 26.7 Å². The largest absolute Gasteiger partial charge is 0.335 e. The molecule has 0 saturated heterocycles. The Labute approximate surface area is 202 Å². The Morgan fingerprint density at radius 2 is 1.85 bits per heavy atom. The van der Waals surface area contributed by atoms with Crippen molar-refractivity contribution in [1.29, 1.82) is 0 Å². The van der Waals surface area contributed by atoms with E-state index < -0.39 is 28.4 Å². The van der Waals surface area contributed by atoms with Gasteiger partial charge in [0.1, 0.15) is 16.2 Å². The first kappa shape index (κ1) is 25.9. The average Bonchev–Trinajstić information content (AvgIpc) is 3.61. The number of carbonyl (C=O) groups is 2. The predicted molar refractivity (Wildman–Crippen MR) is 132 cm³/mol. The summed E-state index contributed by atoms with van der Waals surface area (Å²) in [6.07, 6.45) is 7.29. The van der Waals surface area contributed by atoms with Gasteiger partial charge < -0.3 is 5.32 Å². The van der Waals surface area contributed by atoms with E-state index in [0.717, 1.165) is 54.9 Å². The van der Waals surface area contributed by atoms with Crippen molar-refractivity contribution in [2.45, 2.75) is 95.0 Å². The summed E-state index contributed by atoms with van der Waals surface area (Å²) < 4.78 is 2.56. The number of aromatic nitrogens is 4. The van der Waals surface area contributed by atoms with E-state index in [0.29, 0.717) is 35.9 Å². The molecule has 0 radical (unpaired) electrons. The van der Waals surface area contributed by atoms with Crippen LogP contribution in [-0.4, -0.2) is 42.3 Å². The monoisotopic (exact) mass is 490 g/mol.